The number of nitrogens with zero attached hydrogens (tertiary/aromatic N) is 2. The third-order valence-corrected chi connectivity index (χ3v) is 6.48. The van der Waals surface area contributed by atoms with Gasteiger partial charge in [-0.2, -0.15) is 31.4 Å². The standard InChI is InChI=1S/C25H15Cl3F6N2O2/c1-36-20(10-21(35-36)25(32,33)34)15-9-19(28)16(11-38-14-5-3-13(26)4-6-14)22(23(15)37)12-2-7-18(27)17(8-12)24(29,30)31/h2-10,37H,11H2,1H3. The number of aryl methyl sites for hydroxylation is 1. The van der Waals surface area contributed by atoms with Gasteiger partial charge >= 0.3 is 12.4 Å². The van der Waals surface area contributed by atoms with Crippen LogP contribution in [0.1, 0.15) is 16.8 Å². The fourth-order valence-corrected chi connectivity index (χ4v) is 4.38. The number of aromatic hydroxyl groups is 1. The minimum Gasteiger partial charge on any atom is -0.507 e. The average Bonchev–Trinajstić information content (AvgIpc) is 3.22. The topological polar surface area (TPSA) is 47.3 Å². The van der Waals surface area contributed by atoms with Crippen molar-refractivity contribution >= 4 is 34.8 Å². The van der Waals surface area contributed by atoms with E-state index >= 15 is 0 Å². The van der Waals surface area contributed by atoms with Gasteiger partial charge in [0.25, 0.3) is 0 Å². The van der Waals surface area contributed by atoms with Crippen LogP contribution in [0.15, 0.2) is 54.6 Å². The molecule has 38 heavy (non-hydrogen) atoms. The minimum atomic E-state index is -4.83. The van der Waals surface area contributed by atoms with Gasteiger partial charge in [0.1, 0.15) is 18.1 Å². The number of hydrogen-bond donors (Lipinski definition) is 1. The van der Waals surface area contributed by atoms with Gasteiger partial charge in [-0.15, -0.1) is 0 Å². The molecular weight excluding hydrogens is 581 g/mol. The molecule has 1 N–H and O–H groups in total. The van der Waals surface area contributed by atoms with E-state index in [2.05, 4.69) is 5.10 Å². The summed E-state index contributed by atoms with van der Waals surface area (Å²) in [4.78, 5) is 0. The number of phenolic OH excluding ortho intramolecular Hbond substituents is 1. The Morgan fingerprint density at radius 1 is 0.868 bits per heavy atom. The van der Waals surface area contributed by atoms with Gasteiger partial charge in [-0.25, -0.2) is 0 Å². The molecular formula is C25H15Cl3F6N2O2. The number of benzene rings is 3. The van der Waals surface area contributed by atoms with E-state index in [0.29, 0.717) is 22.9 Å². The minimum absolute atomic E-state index is 0.0801. The number of ether oxygens (including phenoxy) is 1. The van der Waals surface area contributed by atoms with Crippen molar-refractivity contribution in [2.24, 2.45) is 7.05 Å². The fraction of sp³-hybridized carbons (Fsp3) is 0.160. The first-order chi connectivity index (χ1) is 17.7. The van der Waals surface area contributed by atoms with Crippen LogP contribution in [0.3, 0.4) is 0 Å². The molecule has 0 amide bonds. The largest absolute Gasteiger partial charge is 0.507 e. The summed E-state index contributed by atoms with van der Waals surface area (Å²) < 4.78 is 87.2. The molecule has 0 radical (unpaired) electrons. The van der Waals surface area contributed by atoms with Gasteiger partial charge < -0.3 is 9.84 Å². The maximum Gasteiger partial charge on any atom is 0.435 e. The molecule has 1 aromatic heterocycles. The van der Waals surface area contributed by atoms with E-state index in [9.17, 15) is 31.4 Å². The van der Waals surface area contributed by atoms with Crippen LogP contribution >= 0.6 is 34.8 Å². The van der Waals surface area contributed by atoms with Crippen LogP contribution in [0.5, 0.6) is 11.5 Å². The zero-order chi connectivity index (χ0) is 28.0. The highest BCUT2D eigenvalue weighted by Gasteiger charge is 2.36. The van der Waals surface area contributed by atoms with E-state index in [1.807, 2.05) is 0 Å². The lowest BCUT2D eigenvalue weighted by atomic mass is 9.93. The molecule has 0 aliphatic rings. The highest BCUT2D eigenvalue weighted by Crippen LogP contribution is 2.47. The van der Waals surface area contributed by atoms with Gasteiger partial charge in [0.15, 0.2) is 5.69 Å². The molecule has 1 heterocycles. The SMILES string of the molecule is Cn1nc(C(F)(F)F)cc1-c1cc(Cl)c(COc2ccc(Cl)cc2)c(-c2ccc(Cl)c(C(F)(F)F)c2)c1O. The van der Waals surface area contributed by atoms with Crippen LogP contribution in [-0.4, -0.2) is 14.9 Å². The zero-order valence-corrected chi connectivity index (χ0v) is 21.3. The van der Waals surface area contributed by atoms with E-state index in [0.717, 1.165) is 10.7 Å². The lowest BCUT2D eigenvalue weighted by Crippen LogP contribution is -2.07. The quantitative estimate of drug-likeness (QED) is 0.234. The molecule has 200 valence electrons. The number of phenols is 1. The van der Waals surface area contributed by atoms with Crippen LogP contribution in [-0.2, 0) is 26.0 Å². The van der Waals surface area contributed by atoms with E-state index in [1.54, 1.807) is 24.3 Å². The monoisotopic (exact) mass is 594 g/mol. The predicted octanol–water partition coefficient (Wildman–Crippen LogP) is 9.04. The first-order valence-corrected chi connectivity index (χ1v) is 11.7. The Kier molecular flexibility index (Phi) is 7.53. The molecule has 0 aliphatic heterocycles. The Labute approximate surface area is 226 Å². The van der Waals surface area contributed by atoms with Crippen molar-refractivity contribution in [2.75, 3.05) is 0 Å². The van der Waals surface area contributed by atoms with Gasteiger partial charge in [0.05, 0.1) is 16.3 Å². The molecule has 4 aromatic rings. The number of aromatic nitrogens is 2. The molecule has 3 aromatic carbocycles. The second-order valence-electron chi connectivity index (χ2n) is 8.08. The molecule has 0 aliphatic carbocycles. The normalized spacial score (nSPS) is 12.2. The molecule has 0 saturated carbocycles. The van der Waals surface area contributed by atoms with Crippen molar-refractivity contribution < 1.29 is 36.2 Å². The summed E-state index contributed by atoms with van der Waals surface area (Å²) in [5.41, 5.74) is -3.01. The smallest absolute Gasteiger partial charge is 0.435 e. The van der Waals surface area contributed by atoms with E-state index in [1.165, 1.54) is 19.2 Å². The Morgan fingerprint density at radius 3 is 2.11 bits per heavy atom. The van der Waals surface area contributed by atoms with E-state index in [4.69, 9.17) is 39.5 Å². The summed E-state index contributed by atoms with van der Waals surface area (Å²) in [5.74, 6) is -0.287. The molecule has 13 heteroatoms. The van der Waals surface area contributed by atoms with Crippen LogP contribution in [0, 0.1) is 0 Å². The second kappa shape index (κ2) is 10.2. The van der Waals surface area contributed by atoms with Crippen molar-refractivity contribution in [2.45, 2.75) is 19.0 Å². The predicted molar refractivity (Wildman–Crippen MR) is 132 cm³/mol. The maximum absolute atomic E-state index is 13.6. The number of halogens is 9. The Balaban J connectivity index is 1.93. The van der Waals surface area contributed by atoms with Crippen molar-refractivity contribution in [3.05, 3.63) is 86.5 Å². The van der Waals surface area contributed by atoms with Crippen LogP contribution in [0.2, 0.25) is 15.1 Å². The number of alkyl halides is 6. The molecule has 4 rings (SSSR count). The summed E-state index contributed by atoms with van der Waals surface area (Å²) in [7, 11) is 1.22. The molecule has 0 fully saturated rings. The van der Waals surface area contributed by atoms with Gasteiger partial charge in [0.2, 0.25) is 0 Å². The van der Waals surface area contributed by atoms with Crippen molar-refractivity contribution in [3.8, 4) is 33.9 Å². The van der Waals surface area contributed by atoms with E-state index < -0.39 is 34.4 Å². The summed E-state index contributed by atoms with van der Waals surface area (Å²) in [6, 6.07) is 11.0. The molecule has 0 unspecified atom stereocenters. The third-order valence-electron chi connectivity index (χ3n) is 5.56. The zero-order valence-electron chi connectivity index (χ0n) is 19.1. The molecule has 4 nitrogen and oxygen atoms in total. The first-order valence-electron chi connectivity index (χ1n) is 10.6. The second-order valence-corrected chi connectivity index (χ2v) is 9.33. The highest BCUT2D eigenvalue weighted by molar-refractivity contribution is 6.32. The Hall–Kier alpha value is -3.08. The van der Waals surface area contributed by atoms with Crippen LogP contribution in [0.4, 0.5) is 26.3 Å². The Morgan fingerprint density at radius 2 is 1.53 bits per heavy atom. The van der Waals surface area contributed by atoms with Gasteiger partial charge in [-0.1, -0.05) is 40.9 Å². The Bertz CT molecular complexity index is 1500. The summed E-state index contributed by atoms with van der Waals surface area (Å²) in [6.07, 6.45) is -9.60. The van der Waals surface area contributed by atoms with Gasteiger partial charge in [-0.05, 0) is 54.1 Å². The van der Waals surface area contributed by atoms with Crippen LogP contribution in [0.25, 0.3) is 22.4 Å². The summed E-state index contributed by atoms with van der Waals surface area (Å²) in [5, 5.41) is 14.5. The van der Waals surface area contributed by atoms with Crippen molar-refractivity contribution in [1.82, 2.24) is 9.78 Å². The molecule has 0 saturated heterocycles. The van der Waals surface area contributed by atoms with Crippen molar-refractivity contribution in [1.29, 1.82) is 0 Å². The highest BCUT2D eigenvalue weighted by atomic mass is 35.5. The molecule has 0 spiro atoms. The van der Waals surface area contributed by atoms with Gasteiger partial charge in [-0.3, -0.25) is 4.68 Å². The van der Waals surface area contributed by atoms with Crippen molar-refractivity contribution in [3.63, 3.8) is 0 Å². The third kappa shape index (κ3) is 5.67. The average molecular weight is 596 g/mol. The first kappa shape index (κ1) is 27.9. The number of rotatable bonds is 5. The lowest BCUT2D eigenvalue weighted by Gasteiger charge is -2.19. The summed E-state index contributed by atoms with van der Waals surface area (Å²) in [6.45, 7) is -0.313. The summed E-state index contributed by atoms with van der Waals surface area (Å²) >= 11 is 18.1. The number of hydrogen-bond acceptors (Lipinski definition) is 3. The molecule has 0 atom stereocenters. The lowest BCUT2D eigenvalue weighted by molar-refractivity contribution is -0.141. The van der Waals surface area contributed by atoms with E-state index in [-0.39, 0.29) is 39.6 Å². The van der Waals surface area contributed by atoms with Crippen LogP contribution < -0.4 is 4.74 Å². The maximum atomic E-state index is 13.6. The fourth-order valence-electron chi connectivity index (χ4n) is 3.77. The van der Waals surface area contributed by atoms with Gasteiger partial charge in [0, 0.05) is 33.8 Å². The molecule has 0 bridgehead atoms.